The van der Waals surface area contributed by atoms with Crippen LogP contribution in [-0.4, -0.2) is 18.8 Å². The van der Waals surface area contributed by atoms with Gasteiger partial charge in [0.1, 0.15) is 10.5 Å². The van der Waals surface area contributed by atoms with Crippen LogP contribution < -0.4 is 10.4 Å². The van der Waals surface area contributed by atoms with E-state index in [2.05, 4.69) is 79.4 Å². The second-order valence-corrected chi connectivity index (χ2v) is 8.76. The van der Waals surface area contributed by atoms with E-state index in [4.69, 9.17) is 4.12 Å². The number of rotatable bonds is 4. The molecule has 0 aliphatic rings. The van der Waals surface area contributed by atoms with Gasteiger partial charge >= 0.3 is 0 Å². The Kier molecular flexibility index (Phi) is 4.30. The quantitative estimate of drug-likeness (QED) is 0.758. The molecule has 0 aliphatic carbocycles. The first-order chi connectivity index (χ1) is 8.83. The first kappa shape index (κ1) is 13.0. The van der Waals surface area contributed by atoms with E-state index < -0.39 is 8.32 Å². The Bertz CT molecular complexity index is 469. The van der Waals surface area contributed by atoms with Gasteiger partial charge in [-0.2, -0.15) is 0 Å². The van der Waals surface area contributed by atoms with Crippen molar-refractivity contribution < 1.29 is 4.12 Å². The zero-order chi connectivity index (χ0) is 12.8. The van der Waals surface area contributed by atoms with Crippen LogP contribution in [0.5, 0.6) is 0 Å². The summed E-state index contributed by atoms with van der Waals surface area (Å²) in [5.41, 5.74) is 2.27. The molecule has 0 bridgehead atoms. The summed E-state index contributed by atoms with van der Waals surface area (Å²) in [7, 11) is -1.40. The van der Waals surface area contributed by atoms with Gasteiger partial charge in [-0.05, 0) is 17.3 Å². The monoisotopic (exact) mass is 270 g/mol. The minimum atomic E-state index is -2.14. The topological polar surface area (TPSA) is 9.23 Å². The Morgan fingerprint density at radius 1 is 0.889 bits per heavy atom. The van der Waals surface area contributed by atoms with Crippen molar-refractivity contribution in [2.24, 2.45) is 0 Å². The zero-order valence-corrected chi connectivity index (χ0v) is 13.8. The molecular formula is C15H18OSi2. The SMILES string of the molecule is CC=C[Si](O[SiH3])(c1ccccc1)c1ccccc1. The van der Waals surface area contributed by atoms with Crippen molar-refractivity contribution in [3.63, 3.8) is 0 Å². The van der Waals surface area contributed by atoms with E-state index in [0.717, 1.165) is 10.5 Å². The summed E-state index contributed by atoms with van der Waals surface area (Å²) < 4.78 is 6.14. The predicted octanol–water partition coefficient (Wildman–Crippen LogP) is 1.16. The molecule has 0 spiro atoms. The van der Waals surface area contributed by atoms with E-state index in [0.29, 0.717) is 0 Å². The lowest BCUT2D eigenvalue weighted by atomic mass is 10.4. The van der Waals surface area contributed by atoms with Gasteiger partial charge in [-0.25, -0.2) is 0 Å². The molecule has 0 saturated heterocycles. The highest BCUT2D eigenvalue weighted by atomic mass is 28.4. The van der Waals surface area contributed by atoms with Gasteiger partial charge in [0.15, 0.2) is 0 Å². The lowest BCUT2D eigenvalue weighted by molar-refractivity contribution is 0.642. The molecule has 0 saturated carbocycles. The van der Waals surface area contributed by atoms with Crippen molar-refractivity contribution in [2.45, 2.75) is 6.92 Å². The van der Waals surface area contributed by atoms with E-state index in [1.165, 1.54) is 10.4 Å². The van der Waals surface area contributed by atoms with Gasteiger partial charge in [0, 0.05) is 0 Å². The molecule has 0 amide bonds. The van der Waals surface area contributed by atoms with Gasteiger partial charge in [0.25, 0.3) is 8.32 Å². The fraction of sp³-hybridized carbons (Fsp3) is 0.0667. The van der Waals surface area contributed by atoms with Crippen molar-refractivity contribution in [2.75, 3.05) is 0 Å². The molecule has 2 aromatic carbocycles. The maximum absolute atomic E-state index is 6.14. The van der Waals surface area contributed by atoms with Gasteiger partial charge in [-0.3, -0.25) is 0 Å². The second kappa shape index (κ2) is 5.95. The molecule has 1 nitrogen and oxygen atoms in total. The van der Waals surface area contributed by atoms with Gasteiger partial charge in [0.05, 0.1) is 0 Å². The average molecular weight is 270 g/mol. The predicted molar refractivity (Wildman–Crippen MR) is 83.7 cm³/mol. The lowest BCUT2D eigenvalue weighted by Crippen LogP contribution is -2.59. The maximum atomic E-state index is 6.14. The normalized spacial score (nSPS) is 12.1. The molecule has 2 aromatic rings. The molecule has 92 valence electrons. The summed E-state index contributed by atoms with van der Waals surface area (Å²) in [4.78, 5) is 0. The number of benzene rings is 2. The summed E-state index contributed by atoms with van der Waals surface area (Å²) in [6, 6.07) is 21.2. The maximum Gasteiger partial charge on any atom is 0.269 e. The molecule has 18 heavy (non-hydrogen) atoms. The molecule has 3 heteroatoms. The summed E-state index contributed by atoms with van der Waals surface area (Å²) in [6.45, 7) is 2.06. The summed E-state index contributed by atoms with van der Waals surface area (Å²) in [5.74, 6) is 0. The lowest BCUT2D eigenvalue weighted by Gasteiger charge is -2.28. The average Bonchev–Trinajstić information content (AvgIpc) is 2.47. The molecule has 0 N–H and O–H groups in total. The van der Waals surface area contributed by atoms with Crippen LogP contribution in [0.25, 0.3) is 0 Å². The van der Waals surface area contributed by atoms with Gasteiger partial charge in [0.2, 0.25) is 0 Å². The number of hydrogen-bond acceptors (Lipinski definition) is 1. The molecule has 0 unspecified atom stereocenters. The van der Waals surface area contributed by atoms with Crippen molar-refractivity contribution in [3.05, 3.63) is 72.4 Å². The van der Waals surface area contributed by atoms with E-state index >= 15 is 0 Å². The Balaban J connectivity index is 2.61. The van der Waals surface area contributed by atoms with Crippen LogP contribution in [0.3, 0.4) is 0 Å². The summed E-state index contributed by atoms with van der Waals surface area (Å²) >= 11 is 0. The first-order valence-electron chi connectivity index (χ1n) is 6.13. The standard InChI is InChI=1S/C15H18OSi2/c1-2-13-18(16-17,14-9-5-3-6-10-14)15-11-7-4-8-12-15/h2-13H,1,17H3. The molecule has 0 atom stereocenters. The Morgan fingerprint density at radius 3 is 1.67 bits per heavy atom. The van der Waals surface area contributed by atoms with E-state index in [1.807, 2.05) is 0 Å². The third-order valence-corrected chi connectivity index (χ3v) is 8.89. The van der Waals surface area contributed by atoms with Crippen LogP contribution in [0.2, 0.25) is 0 Å². The minimum Gasteiger partial charge on any atom is -0.454 e. The molecule has 0 aliphatic heterocycles. The zero-order valence-electron chi connectivity index (χ0n) is 10.8. The highest BCUT2D eigenvalue weighted by Gasteiger charge is 2.34. The molecular weight excluding hydrogens is 252 g/mol. The van der Waals surface area contributed by atoms with E-state index in [9.17, 15) is 0 Å². The highest BCUT2D eigenvalue weighted by Crippen LogP contribution is 2.08. The van der Waals surface area contributed by atoms with Crippen molar-refractivity contribution in [3.8, 4) is 0 Å². The van der Waals surface area contributed by atoms with Crippen LogP contribution in [-0.2, 0) is 4.12 Å². The third-order valence-electron chi connectivity index (χ3n) is 3.13. The van der Waals surface area contributed by atoms with Crippen LogP contribution in [0.4, 0.5) is 0 Å². The summed E-state index contributed by atoms with van der Waals surface area (Å²) in [6.07, 6.45) is 2.12. The van der Waals surface area contributed by atoms with Crippen LogP contribution in [0, 0.1) is 0 Å². The van der Waals surface area contributed by atoms with Crippen molar-refractivity contribution >= 4 is 29.2 Å². The largest absolute Gasteiger partial charge is 0.454 e. The first-order valence-corrected chi connectivity index (χ1v) is 8.94. The van der Waals surface area contributed by atoms with Gasteiger partial charge in [-0.15, -0.1) is 0 Å². The van der Waals surface area contributed by atoms with E-state index in [1.54, 1.807) is 0 Å². The Hall–Kier alpha value is -1.43. The Labute approximate surface area is 113 Å². The molecule has 0 fully saturated rings. The van der Waals surface area contributed by atoms with Gasteiger partial charge < -0.3 is 4.12 Å². The summed E-state index contributed by atoms with van der Waals surface area (Å²) in [5, 5.41) is 2.62. The van der Waals surface area contributed by atoms with Crippen LogP contribution in [0.1, 0.15) is 6.92 Å². The van der Waals surface area contributed by atoms with Crippen LogP contribution >= 0.6 is 0 Å². The van der Waals surface area contributed by atoms with E-state index in [-0.39, 0.29) is 0 Å². The van der Waals surface area contributed by atoms with Gasteiger partial charge in [-0.1, -0.05) is 72.4 Å². The van der Waals surface area contributed by atoms with Crippen molar-refractivity contribution in [1.82, 2.24) is 0 Å². The van der Waals surface area contributed by atoms with Crippen LogP contribution in [0.15, 0.2) is 72.4 Å². The van der Waals surface area contributed by atoms with Crippen molar-refractivity contribution in [1.29, 1.82) is 0 Å². The number of hydrogen-bond donors (Lipinski definition) is 0. The Morgan fingerprint density at radius 2 is 1.33 bits per heavy atom. The fourth-order valence-corrected chi connectivity index (χ4v) is 7.26. The molecule has 0 heterocycles. The smallest absolute Gasteiger partial charge is 0.269 e. The second-order valence-electron chi connectivity index (χ2n) is 4.17. The highest BCUT2D eigenvalue weighted by molar-refractivity contribution is 7.02. The molecule has 0 radical (unpaired) electrons. The molecule has 0 aromatic heterocycles. The third kappa shape index (κ3) is 2.38. The minimum absolute atomic E-state index is 0.740. The fourth-order valence-electron chi connectivity index (χ4n) is 2.27. The number of allylic oxidation sites excluding steroid dienone is 1. The molecule has 2 rings (SSSR count).